The highest BCUT2D eigenvalue weighted by atomic mass is 16.6. The van der Waals surface area contributed by atoms with Crippen LogP contribution >= 0.6 is 0 Å². The van der Waals surface area contributed by atoms with Crippen molar-refractivity contribution in [3.05, 3.63) is 23.3 Å². The number of unbranched alkanes of at least 4 members (excludes halogenated alkanes) is 6. The minimum absolute atomic E-state index is 0.109. The minimum atomic E-state index is -1.94. The number of Topliss-reactive ketones (excluding diaryl/α,β-unsaturated/α-hetero) is 1. The van der Waals surface area contributed by atoms with Gasteiger partial charge < -0.3 is 24.8 Å². The van der Waals surface area contributed by atoms with Crippen LogP contribution in [0.1, 0.15) is 113 Å². The topological polar surface area (TPSA) is 130 Å². The first-order valence-corrected chi connectivity index (χ1v) is 16.6. The third-order valence-electron chi connectivity index (χ3n) is 11.5. The second kappa shape index (κ2) is 12.4. The molecule has 9 atom stereocenters. The quantitative estimate of drug-likeness (QED) is 0.149. The fraction of sp³-hybridized carbons (Fsp3) is 0.800. The summed E-state index contributed by atoms with van der Waals surface area (Å²) in [5.41, 5.74) is -4.75. The third kappa shape index (κ3) is 5.33. The Hall–Kier alpha value is -2.03. The van der Waals surface area contributed by atoms with Crippen molar-refractivity contribution in [2.45, 2.75) is 136 Å². The monoisotopic (exact) mass is 602 g/mol. The summed E-state index contributed by atoms with van der Waals surface area (Å²) in [6, 6.07) is 0. The summed E-state index contributed by atoms with van der Waals surface area (Å²) >= 11 is 0. The van der Waals surface area contributed by atoms with E-state index in [2.05, 4.69) is 6.92 Å². The fourth-order valence-electron chi connectivity index (χ4n) is 8.70. The van der Waals surface area contributed by atoms with Crippen molar-refractivity contribution < 1.29 is 39.2 Å². The molecular weight excluding hydrogens is 548 g/mol. The van der Waals surface area contributed by atoms with E-state index < -0.39 is 69.7 Å². The van der Waals surface area contributed by atoms with E-state index in [1.807, 2.05) is 20.8 Å². The molecule has 0 spiro atoms. The van der Waals surface area contributed by atoms with Crippen molar-refractivity contribution in [1.29, 1.82) is 0 Å². The summed E-state index contributed by atoms with van der Waals surface area (Å²) in [7, 11) is 0. The number of rotatable bonds is 13. The van der Waals surface area contributed by atoms with Crippen molar-refractivity contribution in [1.82, 2.24) is 0 Å². The van der Waals surface area contributed by atoms with Crippen molar-refractivity contribution in [2.75, 3.05) is 6.61 Å². The van der Waals surface area contributed by atoms with Crippen LogP contribution in [0.4, 0.5) is 0 Å². The van der Waals surface area contributed by atoms with Crippen molar-refractivity contribution in [2.24, 2.45) is 35.0 Å². The third-order valence-corrected chi connectivity index (χ3v) is 11.5. The van der Waals surface area contributed by atoms with Crippen LogP contribution in [0.5, 0.6) is 0 Å². The molecule has 0 radical (unpaired) electrons. The first-order valence-electron chi connectivity index (χ1n) is 16.6. The number of carbonyl (C=O) groups is 3. The Morgan fingerprint density at radius 2 is 1.67 bits per heavy atom. The number of ketones is 1. The normalized spacial score (nSPS) is 38.1. The zero-order chi connectivity index (χ0) is 32.0. The van der Waals surface area contributed by atoms with Gasteiger partial charge in [0.2, 0.25) is 0 Å². The summed E-state index contributed by atoms with van der Waals surface area (Å²) in [6.45, 7) is 12.8. The molecule has 242 valence electrons. The predicted molar refractivity (Wildman–Crippen MR) is 163 cm³/mol. The summed E-state index contributed by atoms with van der Waals surface area (Å²) in [6.07, 6.45) is 10.6. The van der Waals surface area contributed by atoms with Gasteiger partial charge in [-0.25, -0.2) is 0 Å². The molecule has 43 heavy (non-hydrogen) atoms. The second-order valence-corrected chi connectivity index (χ2v) is 14.4. The minimum Gasteiger partial charge on any atom is -0.457 e. The van der Waals surface area contributed by atoms with Crippen LogP contribution < -0.4 is 0 Å². The molecule has 0 saturated heterocycles. The van der Waals surface area contributed by atoms with Crippen LogP contribution in [0.2, 0.25) is 0 Å². The predicted octanol–water partition coefficient (Wildman–Crippen LogP) is 5.22. The SMILES string of the molecule is CCCCCCCCCC(=O)O[C@@]12[C@H](OC(=O)[C@H](C)CC)[C@@H](C)[C@@]3(O)[C@@H](C=C(CO)C[C@]4(O)C(=O)C(C)=C[C@@H]34)[C@@H]1C2(C)C. The number of aliphatic hydroxyl groups is 3. The first-order chi connectivity index (χ1) is 20.2. The van der Waals surface area contributed by atoms with Gasteiger partial charge in [-0.2, -0.15) is 0 Å². The highest BCUT2D eigenvalue weighted by Gasteiger charge is 2.88. The van der Waals surface area contributed by atoms with E-state index in [1.54, 1.807) is 32.9 Å². The van der Waals surface area contributed by atoms with Gasteiger partial charge in [-0.15, -0.1) is 0 Å². The van der Waals surface area contributed by atoms with E-state index >= 15 is 0 Å². The zero-order valence-corrected chi connectivity index (χ0v) is 27.3. The highest BCUT2D eigenvalue weighted by Crippen LogP contribution is 2.77. The summed E-state index contributed by atoms with van der Waals surface area (Å²) in [4.78, 5) is 40.1. The molecule has 8 heteroatoms. The van der Waals surface area contributed by atoms with E-state index in [9.17, 15) is 29.7 Å². The standard InChI is InChI=1S/C35H54O8/c1-8-10-11-12-13-14-15-16-27(37)43-35-28(32(35,6)7)25-18-24(20-36)19-33(40)26(17-22(4)29(33)38)34(25,41)23(5)30(35)42-31(39)21(3)9-2/h17-18,21,23,25-26,28,30,36,40-41H,8-16,19-20H2,1-7H3/t21-,23-,25+,26-,28-,30-,33-,34-,35-/m1/s1. The Bertz CT molecular complexity index is 1150. The maximum absolute atomic E-state index is 13.5. The second-order valence-electron chi connectivity index (χ2n) is 14.4. The van der Waals surface area contributed by atoms with Gasteiger partial charge in [-0.1, -0.05) is 92.2 Å². The Kier molecular flexibility index (Phi) is 9.76. The summed E-state index contributed by atoms with van der Waals surface area (Å²) in [5.74, 6) is -4.60. The molecule has 4 aliphatic rings. The maximum Gasteiger partial charge on any atom is 0.309 e. The zero-order valence-electron chi connectivity index (χ0n) is 27.3. The van der Waals surface area contributed by atoms with E-state index in [4.69, 9.17) is 9.47 Å². The van der Waals surface area contributed by atoms with Gasteiger partial charge in [0.15, 0.2) is 11.4 Å². The highest BCUT2D eigenvalue weighted by molar-refractivity contribution is 6.04. The van der Waals surface area contributed by atoms with E-state index in [1.165, 1.54) is 19.3 Å². The fourth-order valence-corrected chi connectivity index (χ4v) is 8.70. The lowest BCUT2D eigenvalue weighted by Gasteiger charge is -2.53. The van der Waals surface area contributed by atoms with Gasteiger partial charge in [0.25, 0.3) is 0 Å². The van der Waals surface area contributed by atoms with Crippen LogP contribution in [0, 0.1) is 35.0 Å². The number of carbonyl (C=O) groups excluding carboxylic acids is 3. The molecule has 0 aromatic heterocycles. The molecule has 0 amide bonds. The van der Waals surface area contributed by atoms with Crippen LogP contribution in [-0.4, -0.2) is 62.6 Å². The number of hydrogen-bond donors (Lipinski definition) is 3. The molecule has 2 saturated carbocycles. The van der Waals surface area contributed by atoms with Crippen molar-refractivity contribution >= 4 is 17.7 Å². The number of esters is 2. The molecule has 2 fully saturated rings. The van der Waals surface area contributed by atoms with Crippen LogP contribution in [-0.2, 0) is 23.9 Å². The van der Waals surface area contributed by atoms with Gasteiger partial charge in [0, 0.05) is 41.9 Å². The molecule has 0 unspecified atom stereocenters. The number of fused-ring (bicyclic) bond motifs is 5. The Labute approximate surface area is 257 Å². The molecule has 4 rings (SSSR count). The molecule has 0 aromatic carbocycles. The van der Waals surface area contributed by atoms with Crippen LogP contribution in [0.25, 0.3) is 0 Å². The van der Waals surface area contributed by atoms with Gasteiger partial charge in [-0.05, 0) is 30.9 Å². The lowest BCUT2D eigenvalue weighted by atomic mass is 9.59. The first kappa shape index (κ1) is 33.9. The summed E-state index contributed by atoms with van der Waals surface area (Å²) < 4.78 is 12.7. The van der Waals surface area contributed by atoms with E-state index in [0.717, 1.165) is 19.3 Å². The number of aliphatic hydroxyl groups excluding tert-OH is 1. The average Bonchev–Trinajstić information content (AvgIpc) is 3.39. The summed E-state index contributed by atoms with van der Waals surface area (Å²) in [5, 5.41) is 35.0. The van der Waals surface area contributed by atoms with Gasteiger partial charge >= 0.3 is 11.9 Å². The maximum atomic E-state index is 13.5. The molecule has 0 bridgehead atoms. The van der Waals surface area contributed by atoms with E-state index in [0.29, 0.717) is 24.0 Å². The number of ether oxygens (including phenoxy) is 2. The largest absolute Gasteiger partial charge is 0.457 e. The van der Waals surface area contributed by atoms with Gasteiger partial charge in [0.05, 0.1) is 18.1 Å². The smallest absolute Gasteiger partial charge is 0.309 e. The van der Waals surface area contributed by atoms with Crippen molar-refractivity contribution in [3.63, 3.8) is 0 Å². The Balaban J connectivity index is 1.72. The lowest BCUT2D eigenvalue weighted by Crippen LogP contribution is -2.66. The molecule has 3 N–H and O–H groups in total. The van der Waals surface area contributed by atoms with E-state index in [-0.39, 0.29) is 25.4 Å². The molecule has 8 nitrogen and oxygen atoms in total. The molecule has 4 aliphatic carbocycles. The van der Waals surface area contributed by atoms with Crippen LogP contribution in [0.3, 0.4) is 0 Å². The molecule has 0 aromatic rings. The number of hydrogen-bond acceptors (Lipinski definition) is 8. The van der Waals surface area contributed by atoms with Crippen molar-refractivity contribution in [3.8, 4) is 0 Å². The average molecular weight is 603 g/mol. The Morgan fingerprint density at radius 1 is 1.05 bits per heavy atom. The molecular formula is C35H54O8. The van der Waals surface area contributed by atoms with Gasteiger partial charge in [-0.3, -0.25) is 14.4 Å². The Morgan fingerprint density at radius 3 is 2.28 bits per heavy atom. The van der Waals surface area contributed by atoms with Crippen LogP contribution in [0.15, 0.2) is 23.3 Å². The lowest BCUT2D eigenvalue weighted by molar-refractivity contribution is -0.230. The molecule has 0 aliphatic heterocycles. The van der Waals surface area contributed by atoms with Gasteiger partial charge in [0.1, 0.15) is 11.7 Å². The molecule has 0 heterocycles.